The number of methoxy groups -OCH3 is 1. The molecule has 0 fully saturated rings. The molecule has 17 heavy (non-hydrogen) atoms. The quantitative estimate of drug-likeness (QED) is 0.803. The Morgan fingerprint density at radius 1 is 1.35 bits per heavy atom. The van der Waals surface area contributed by atoms with Crippen molar-refractivity contribution >= 4 is 5.78 Å². The Morgan fingerprint density at radius 2 is 2.18 bits per heavy atom. The van der Waals surface area contributed by atoms with Gasteiger partial charge in [-0.25, -0.2) is 0 Å². The Morgan fingerprint density at radius 3 is 2.94 bits per heavy atom. The number of Topliss-reactive ketones (excluding diaryl/α,β-unsaturated/α-hetero) is 1. The molecule has 0 spiro atoms. The van der Waals surface area contributed by atoms with Crippen LogP contribution in [0.5, 0.6) is 5.75 Å². The Hall–Kier alpha value is -1.35. The van der Waals surface area contributed by atoms with Crippen LogP contribution >= 0.6 is 0 Å². The lowest BCUT2D eigenvalue weighted by Crippen LogP contribution is -2.18. The molecule has 2 rings (SSSR count). The van der Waals surface area contributed by atoms with Crippen molar-refractivity contribution in [3.63, 3.8) is 0 Å². The van der Waals surface area contributed by atoms with Crippen molar-refractivity contribution < 1.29 is 14.3 Å². The molecule has 0 N–H and O–H groups in total. The lowest BCUT2D eigenvalue weighted by molar-refractivity contribution is 0.0913. The van der Waals surface area contributed by atoms with Crippen molar-refractivity contribution in [1.82, 2.24) is 0 Å². The van der Waals surface area contributed by atoms with Gasteiger partial charge in [-0.15, -0.1) is 0 Å². The van der Waals surface area contributed by atoms with Gasteiger partial charge in [0.2, 0.25) is 0 Å². The number of benzene rings is 1. The molecule has 92 valence electrons. The van der Waals surface area contributed by atoms with E-state index in [0.29, 0.717) is 13.0 Å². The average molecular weight is 234 g/mol. The lowest BCUT2D eigenvalue weighted by atomic mass is 9.90. The van der Waals surface area contributed by atoms with Crippen LogP contribution in [0, 0.1) is 0 Å². The van der Waals surface area contributed by atoms with Gasteiger partial charge in [0.15, 0.2) is 5.78 Å². The molecule has 1 aromatic carbocycles. The van der Waals surface area contributed by atoms with Gasteiger partial charge in [-0.2, -0.15) is 0 Å². The first kappa shape index (κ1) is 12.1. The molecule has 1 atom stereocenters. The molecular weight excluding hydrogens is 216 g/mol. The molecule has 0 aliphatic heterocycles. The molecule has 1 unspecified atom stereocenters. The summed E-state index contributed by atoms with van der Waals surface area (Å²) in [6.45, 7) is 2.50. The summed E-state index contributed by atoms with van der Waals surface area (Å²) in [4.78, 5) is 11.8. The fraction of sp³-hybridized carbons (Fsp3) is 0.500. The van der Waals surface area contributed by atoms with Gasteiger partial charge in [-0.1, -0.05) is 6.07 Å². The van der Waals surface area contributed by atoms with Gasteiger partial charge in [0, 0.05) is 19.1 Å². The van der Waals surface area contributed by atoms with Crippen LogP contribution in [0.1, 0.15) is 35.7 Å². The van der Waals surface area contributed by atoms with Crippen LogP contribution in [-0.2, 0) is 11.2 Å². The summed E-state index contributed by atoms with van der Waals surface area (Å²) >= 11 is 0. The van der Waals surface area contributed by atoms with Crippen molar-refractivity contribution in [2.75, 3.05) is 13.7 Å². The highest BCUT2D eigenvalue weighted by atomic mass is 16.5. The largest absolute Gasteiger partial charge is 0.488 e. The summed E-state index contributed by atoms with van der Waals surface area (Å²) in [7, 11) is 1.65. The first-order valence-electron chi connectivity index (χ1n) is 6.02. The van der Waals surface area contributed by atoms with E-state index in [-0.39, 0.29) is 11.9 Å². The van der Waals surface area contributed by atoms with Crippen LogP contribution in [0.3, 0.4) is 0 Å². The summed E-state index contributed by atoms with van der Waals surface area (Å²) in [5.74, 6) is 0.986. The maximum Gasteiger partial charge on any atom is 0.163 e. The molecule has 1 aliphatic carbocycles. The molecule has 0 saturated heterocycles. The number of rotatable bonds is 4. The highest BCUT2D eigenvalue weighted by Crippen LogP contribution is 2.25. The Balaban J connectivity index is 2.15. The van der Waals surface area contributed by atoms with Gasteiger partial charge >= 0.3 is 0 Å². The summed E-state index contributed by atoms with van der Waals surface area (Å²) < 4.78 is 10.7. The van der Waals surface area contributed by atoms with E-state index in [2.05, 4.69) is 0 Å². The van der Waals surface area contributed by atoms with Crippen LogP contribution < -0.4 is 4.74 Å². The Labute approximate surface area is 102 Å². The van der Waals surface area contributed by atoms with E-state index in [1.807, 2.05) is 25.1 Å². The minimum Gasteiger partial charge on any atom is -0.488 e. The third kappa shape index (κ3) is 2.86. The van der Waals surface area contributed by atoms with E-state index in [9.17, 15) is 4.79 Å². The number of ketones is 1. The highest BCUT2D eigenvalue weighted by Gasteiger charge is 2.17. The molecule has 0 amide bonds. The number of hydrogen-bond donors (Lipinski definition) is 0. The second kappa shape index (κ2) is 5.32. The molecule has 3 nitrogen and oxygen atoms in total. The number of aryl methyl sites for hydroxylation is 1. The Kier molecular flexibility index (Phi) is 3.79. The highest BCUT2D eigenvalue weighted by molar-refractivity contribution is 5.98. The van der Waals surface area contributed by atoms with Crippen LogP contribution in [0.25, 0.3) is 0 Å². The number of carbonyl (C=O) groups is 1. The zero-order valence-corrected chi connectivity index (χ0v) is 10.4. The lowest BCUT2D eigenvalue weighted by Gasteiger charge is -2.18. The molecule has 0 aromatic heterocycles. The third-order valence-electron chi connectivity index (χ3n) is 2.97. The van der Waals surface area contributed by atoms with Gasteiger partial charge < -0.3 is 9.47 Å². The van der Waals surface area contributed by atoms with Gasteiger partial charge in [0.1, 0.15) is 11.9 Å². The molecule has 1 aromatic rings. The zero-order valence-electron chi connectivity index (χ0n) is 10.4. The molecule has 3 heteroatoms. The van der Waals surface area contributed by atoms with Crippen molar-refractivity contribution in [2.24, 2.45) is 0 Å². The topological polar surface area (TPSA) is 35.5 Å². The van der Waals surface area contributed by atoms with E-state index < -0.39 is 0 Å². The van der Waals surface area contributed by atoms with E-state index in [1.54, 1.807) is 7.11 Å². The van der Waals surface area contributed by atoms with Crippen molar-refractivity contribution in [3.8, 4) is 5.75 Å². The minimum absolute atomic E-state index is 0.00302. The number of fused-ring (bicyclic) bond motifs is 1. The van der Waals surface area contributed by atoms with E-state index in [1.165, 1.54) is 0 Å². The van der Waals surface area contributed by atoms with Crippen LogP contribution in [-0.4, -0.2) is 25.6 Å². The van der Waals surface area contributed by atoms with Gasteiger partial charge in [0.05, 0.1) is 6.61 Å². The van der Waals surface area contributed by atoms with Crippen LogP contribution in [0.2, 0.25) is 0 Å². The maximum atomic E-state index is 11.8. The van der Waals surface area contributed by atoms with Gasteiger partial charge in [-0.3, -0.25) is 4.79 Å². The van der Waals surface area contributed by atoms with Gasteiger partial charge in [-0.05, 0) is 37.5 Å². The monoisotopic (exact) mass is 234 g/mol. The Bertz CT molecular complexity index is 412. The fourth-order valence-electron chi connectivity index (χ4n) is 2.18. The SMILES string of the molecule is COCC(C)Oc1ccc2c(c1)C(=O)CCC2. The van der Waals surface area contributed by atoms with Crippen LogP contribution in [0.4, 0.5) is 0 Å². The normalized spacial score (nSPS) is 16.5. The summed E-state index contributed by atoms with van der Waals surface area (Å²) in [6.07, 6.45) is 2.61. The number of ether oxygens (including phenoxy) is 2. The standard InChI is InChI=1S/C14H18O3/c1-10(9-16-2)17-12-7-6-11-4-3-5-14(15)13(11)8-12/h6-8,10H,3-5,9H2,1-2H3. The van der Waals surface area contributed by atoms with E-state index in [4.69, 9.17) is 9.47 Å². The molecule has 0 saturated carbocycles. The maximum absolute atomic E-state index is 11.8. The molecule has 0 radical (unpaired) electrons. The number of hydrogen-bond acceptors (Lipinski definition) is 3. The third-order valence-corrected chi connectivity index (χ3v) is 2.97. The van der Waals surface area contributed by atoms with E-state index in [0.717, 1.165) is 29.7 Å². The second-order valence-corrected chi connectivity index (χ2v) is 4.48. The molecule has 1 aliphatic rings. The smallest absolute Gasteiger partial charge is 0.163 e. The van der Waals surface area contributed by atoms with Crippen molar-refractivity contribution in [1.29, 1.82) is 0 Å². The van der Waals surface area contributed by atoms with E-state index >= 15 is 0 Å². The second-order valence-electron chi connectivity index (χ2n) is 4.48. The minimum atomic E-state index is -0.00302. The summed E-state index contributed by atoms with van der Waals surface area (Å²) in [5.41, 5.74) is 1.98. The van der Waals surface area contributed by atoms with Crippen LogP contribution in [0.15, 0.2) is 18.2 Å². The van der Waals surface area contributed by atoms with Crippen molar-refractivity contribution in [3.05, 3.63) is 29.3 Å². The number of carbonyl (C=O) groups excluding carboxylic acids is 1. The first-order chi connectivity index (χ1) is 8.20. The van der Waals surface area contributed by atoms with Crippen molar-refractivity contribution in [2.45, 2.75) is 32.3 Å². The zero-order chi connectivity index (χ0) is 12.3. The summed E-state index contributed by atoms with van der Waals surface area (Å²) in [6, 6.07) is 5.80. The molecule has 0 heterocycles. The first-order valence-corrected chi connectivity index (χ1v) is 6.02. The predicted octanol–water partition coefficient (Wildman–Crippen LogP) is 2.62. The average Bonchev–Trinajstić information content (AvgIpc) is 2.30. The van der Waals surface area contributed by atoms with Gasteiger partial charge in [0.25, 0.3) is 0 Å². The predicted molar refractivity (Wildman–Crippen MR) is 65.7 cm³/mol. The molecular formula is C14H18O3. The molecule has 0 bridgehead atoms. The fourth-order valence-corrected chi connectivity index (χ4v) is 2.18. The summed E-state index contributed by atoms with van der Waals surface area (Å²) in [5, 5.41) is 0.